The summed E-state index contributed by atoms with van der Waals surface area (Å²) in [6.07, 6.45) is 2.01. The molecular weight excluding hydrogens is 160 g/mol. The maximum Gasteiger partial charge on any atom is 0.0607 e. The SMILES string of the molecule is CCC1OC(C)C(C)C(C)(C)[C@H]1C. The molecule has 0 aromatic heterocycles. The monoisotopic (exact) mass is 184 g/mol. The standard InChI is InChI=1S/C12H24O/c1-7-11-9(3)12(5,6)8(2)10(4)13-11/h8-11H,7H2,1-6H3/t8?,9-,10?,11?/m0/s1. The predicted molar refractivity (Wildman–Crippen MR) is 56.7 cm³/mol. The topological polar surface area (TPSA) is 9.23 Å². The van der Waals surface area contributed by atoms with Crippen molar-refractivity contribution < 1.29 is 4.74 Å². The van der Waals surface area contributed by atoms with Gasteiger partial charge in [-0.2, -0.15) is 0 Å². The average Bonchev–Trinajstić information content (AvgIpc) is 2.09. The van der Waals surface area contributed by atoms with Crippen molar-refractivity contribution in [2.75, 3.05) is 0 Å². The highest BCUT2D eigenvalue weighted by Crippen LogP contribution is 2.45. The van der Waals surface area contributed by atoms with Crippen molar-refractivity contribution in [1.82, 2.24) is 0 Å². The first kappa shape index (κ1) is 11.0. The number of ether oxygens (including phenoxy) is 1. The van der Waals surface area contributed by atoms with E-state index in [1.165, 1.54) is 0 Å². The summed E-state index contributed by atoms with van der Waals surface area (Å²) in [6.45, 7) is 13.8. The molecule has 1 fully saturated rings. The molecule has 0 saturated carbocycles. The van der Waals surface area contributed by atoms with E-state index in [1.807, 2.05) is 0 Å². The normalized spacial score (nSPS) is 44.8. The van der Waals surface area contributed by atoms with Crippen molar-refractivity contribution in [2.45, 2.75) is 60.2 Å². The Morgan fingerprint density at radius 1 is 1.08 bits per heavy atom. The fraction of sp³-hybridized carbons (Fsp3) is 1.00. The maximum absolute atomic E-state index is 6.00. The van der Waals surface area contributed by atoms with Crippen molar-refractivity contribution in [3.8, 4) is 0 Å². The van der Waals surface area contributed by atoms with Crippen LogP contribution < -0.4 is 0 Å². The minimum Gasteiger partial charge on any atom is -0.375 e. The van der Waals surface area contributed by atoms with Crippen LogP contribution in [0.4, 0.5) is 0 Å². The van der Waals surface area contributed by atoms with Gasteiger partial charge in [-0.05, 0) is 30.6 Å². The Bertz CT molecular complexity index is 174. The van der Waals surface area contributed by atoms with Crippen LogP contribution in [-0.4, -0.2) is 12.2 Å². The second-order valence-electron chi connectivity index (χ2n) is 5.19. The Kier molecular flexibility index (Phi) is 3.06. The van der Waals surface area contributed by atoms with E-state index in [-0.39, 0.29) is 0 Å². The fourth-order valence-electron chi connectivity index (χ4n) is 2.46. The molecule has 0 spiro atoms. The Morgan fingerprint density at radius 2 is 1.62 bits per heavy atom. The fourth-order valence-corrected chi connectivity index (χ4v) is 2.46. The van der Waals surface area contributed by atoms with E-state index >= 15 is 0 Å². The van der Waals surface area contributed by atoms with Crippen LogP contribution in [0.25, 0.3) is 0 Å². The van der Waals surface area contributed by atoms with Gasteiger partial charge in [0.2, 0.25) is 0 Å². The molecular formula is C12H24O. The number of hydrogen-bond donors (Lipinski definition) is 0. The molecule has 0 radical (unpaired) electrons. The minimum absolute atomic E-state index is 0.413. The van der Waals surface area contributed by atoms with Crippen LogP contribution in [0.3, 0.4) is 0 Å². The second-order valence-corrected chi connectivity index (χ2v) is 5.19. The largest absolute Gasteiger partial charge is 0.375 e. The molecule has 13 heavy (non-hydrogen) atoms. The molecule has 0 aliphatic carbocycles. The molecule has 1 aliphatic heterocycles. The van der Waals surface area contributed by atoms with Gasteiger partial charge in [0.25, 0.3) is 0 Å². The van der Waals surface area contributed by atoms with Gasteiger partial charge >= 0.3 is 0 Å². The smallest absolute Gasteiger partial charge is 0.0607 e. The van der Waals surface area contributed by atoms with E-state index in [9.17, 15) is 0 Å². The van der Waals surface area contributed by atoms with E-state index in [4.69, 9.17) is 4.74 Å². The minimum atomic E-state index is 0.413. The van der Waals surface area contributed by atoms with E-state index < -0.39 is 0 Å². The molecule has 0 N–H and O–H groups in total. The maximum atomic E-state index is 6.00. The summed E-state index contributed by atoms with van der Waals surface area (Å²) in [5.74, 6) is 1.33. The summed E-state index contributed by atoms with van der Waals surface area (Å²) in [6, 6.07) is 0. The van der Waals surface area contributed by atoms with Gasteiger partial charge in [-0.1, -0.05) is 34.6 Å². The summed E-state index contributed by atoms with van der Waals surface area (Å²) >= 11 is 0. The quantitative estimate of drug-likeness (QED) is 0.606. The Labute approximate surface area is 82.9 Å². The van der Waals surface area contributed by atoms with Gasteiger partial charge in [-0.25, -0.2) is 0 Å². The van der Waals surface area contributed by atoms with Gasteiger partial charge in [0.1, 0.15) is 0 Å². The molecule has 1 nitrogen and oxygen atoms in total. The zero-order valence-electron chi connectivity index (χ0n) is 9.92. The number of rotatable bonds is 1. The third kappa shape index (κ3) is 1.76. The first-order chi connectivity index (χ1) is 5.91. The lowest BCUT2D eigenvalue weighted by molar-refractivity contribution is -0.160. The number of hydrogen-bond acceptors (Lipinski definition) is 1. The zero-order valence-corrected chi connectivity index (χ0v) is 9.92. The van der Waals surface area contributed by atoms with Crippen molar-refractivity contribution in [1.29, 1.82) is 0 Å². The molecule has 0 aromatic carbocycles. The zero-order chi connectivity index (χ0) is 10.2. The van der Waals surface area contributed by atoms with E-state index in [2.05, 4.69) is 41.5 Å². The van der Waals surface area contributed by atoms with Gasteiger partial charge in [-0.3, -0.25) is 0 Å². The molecule has 3 unspecified atom stereocenters. The molecule has 78 valence electrons. The van der Waals surface area contributed by atoms with Crippen molar-refractivity contribution >= 4 is 0 Å². The summed E-state index contributed by atoms with van der Waals surface area (Å²) in [4.78, 5) is 0. The molecule has 1 saturated heterocycles. The summed E-state index contributed by atoms with van der Waals surface area (Å²) in [5.41, 5.74) is 0.415. The third-order valence-electron chi connectivity index (χ3n) is 4.40. The van der Waals surface area contributed by atoms with E-state index in [1.54, 1.807) is 0 Å². The average molecular weight is 184 g/mol. The Balaban J connectivity index is 2.82. The first-order valence-electron chi connectivity index (χ1n) is 5.56. The van der Waals surface area contributed by atoms with Crippen LogP contribution >= 0.6 is 0 Å². The first-order valence-corrected chi connectivity index (χ1v) is 5.56. The Morgan fingerprint density at radius 3 is 2.08 bits per heavy atom. The van der Waals surface area contributed by atoms with Crippen molar-refractivity contribution in [3.05, 3.63) is 0 Å². The highest BCUT2D eigenvalue weighted by atomic mass is 16.5. The van der Waals surface area contributed by atoms with Gasteiger partial charge in [0.15, 0.2) is 0 Å². The molecule has 0 amide bonds. The van der Waals surface area contributed by atoms with Gasteiger partial charge in [0.05, 0.1) is 12.2 Å². The van der Waals surface area contributed by atoms with E-state index in [0.29, 0.717) is 29.5 Å². The van der Waals surface area contributed by atoms with Crippen LogP contribution in [0.5, 0.6) is 0 Å². The van der Waals surface area contributed by atoms with Gasteiger partial charge < -0.3 is 4.74 Å². The highest BCUT2D eigenvalue weighted by molar-refractivity contribution is 4.91. The van der Waals surface area contributed by atoms with E-state index in [0.717, 1.165) is 6.42 Å². The lowest BCUT2D eigenvalue weighted by atomic mass is 9.64. The molecule has 1 heterocycles. The molecule has 0 aromatic rings. The lowest BCUT2D eigenvalue weighted by Crippen LogP contribution is -2.49. The second kappa shape index (κ2) is 3.61. The molecule has 1 rings (SSSR count). The molecule has 1 aliphatic rings. The van der Waals surface area contributed by atoms with Crippen molar-refractivity contribution in [2.24, 2.45) is 17.3 Å². The lowest BCUT2D eigenvalue weighted by Gasteiger charge is -2.49. The van der Waals surface area contributed by atoms with Crippen LogP contribution in [0.2, 0.25) is 0 Å². The van der Waals surface area contributed by atoms with Gasteiger partial charge in [-0.15, -0.1) is 0 Å². The van der Waals surface area contributed by atoms with Crippen molar-refractivity contribution in [3.63, 3.8) is 0 Å². The third-order valence-corrected chi connectivity index (χ3v) is 4.40. The van der Waals surface area contributed by atoms with Crippen LogP contribution in [-0.2, 0) is 4.74 Å². The highest BCUT2D eigenvalue weighted by Gasteiger charge is 2.44. The van der Waals surface area contributed by atoms with Crippen LogP contribution in [0.1, 0.15) is 48.0 Å². The molecule has 4 atom stereocenters. The summed E-state index contributed by atoms with van der Waals surface area (Å²) in [5, 5.41) is 0. The van der Waals surface area contributed by atoms with Crippen LogP contribution in [0.15, 0.2) is 0 Å². The van der Waals surface area contributed by atoms with Crippen LogP contribution in [0, 0.1) is 17.3 Å². The van der Waals surface area contributed by atoms with Gasteiger partial charge in [0, 0.05) is 0 Å². The summed E-state index contributed by atoms with van der Waals surface area (Å²) < 4.78 is 6.00. The Hall–Kier alpha value is -0.0400. The predicted octanol–water partition coefficient (Wildman–Crippen LogP) is 3.48. The molecule has 0 bridgehead atoms. The summed E-state index contributed by atoms with van der Waals surface area (Å²) in [7, 11) is 0. The molecule has 1 heteroatoms.